The molecule has 3 aromatic rings. The molecule has 0 saturated heterocycles. The summed E-state index contributed by atoms with van der Waals surface area (Å²) in [7, 11) is 0. The van der Waals surface area contributed by atoms with E-state index in [0.717, 1.165) is 36.3 Å². The fraction of sp³-hybridized carbons (Fsp3) is 0.571. The zero-order chi connectivity index (χ0) is 36.2. The highest BCUT2D eigenvalue weighted by Crippen LogP contribution is 2.21. The lowest BCUT2D eigenvalue weighted by atomic mass is 10.0. The minimum atomic E-state index is -0.942. The summed E-state index contributed by atoms with van der Waals surface area (Å²) in [6.45, 7) is 11.1. The van der Waals surface area contributed by atoms with E-state index in [4.69, 9.17) is 11.6 Å². The molecule has 1 aliphatic rings. The zero-order valence-electron chi connectivity index (χ0n) is 29.7. The van der Waals surface area contributed by atoms with Gasteiger partial charge in [0.15, 0.2) is 11.0 Å². The number of rotatable bonds is 8. The first-order valence-corrected chi connectivity index (χ1v) is 17.9. The van der Waals surface area contributed by atoms with Crippen molar-refractivity contribution in [1.82, 2.24) is 50.9 Å². The van der Waals surface area contributed by atoms with Gasteiger partial charge in [0.1, 0.15) is 30.3 Å². The van der Waals surface area contributed by atoms with Gasteiger partial charge >= 0.3 is 0 Å². The van der Waals surface area contributed by atoms with Crippen molar-refractivity contribution in [1.29, 1.82) is 0 Å². The number of aromatic nitrogens is 5. The minimum absolute atomic E-state index is 0.0930. The van der Waals surface area contributed by atoms with Crippen LogP contribution in [-0.4, -0.2) is 85.0 Å². The monoisotopic (exact) mass is 710 g/mol. The van der Waals surface area contributed by atoms with Crippen molar-refractivity contribution in [2.24, 2.45) is 5.92 Å². The molecule has 0 unspecified atom stereocenters. The van der Waals surface area contributed by atoms with Gasteiger partial charge in [-0.2, -0.15) is 5.10 Å². The first kappa shape index (κ1) is 38.5. The van der Waals surface area contributed by atoms with Gasteiger partial charge in [-0.3, -0.25) is 24.1 Å². The highest BCUT2D eigenvalue weighted by atomic mass is 35.5. The number of amides is 4. The topological polar surface area (TPSA) is 179 Å². The van der Waals surface area contributed by atoms with Crippen molar-refractivity contribution in [2.45, 2.75) is 104 Å². The van der Waals surface area contributed by atoms with E-state index in [1.807, 2.05) is 44.2 Å². The summed E-state index contributed by atoms with van der Waals surface area (Å²) in [5, 5.41) is 16.6. The van der Waals surface area contributed by atoms with Crippen LogP contribution in [0.1, 0.15) is 88.2 Å². The van der Waals surface area contributed by atoms with Gasteiger partial charge in [0.05, 0.1) is 11.7 Å². The van der Waals surface area contributed by atoms with Gasteiger partial charge in [-0.05, 0) is 44.7 Å². The Hall–Kier alpha value is -4.30. The number of hydrogen-bond donors (Lipinski definition) is 5. The van der Waals surface area contributed by atoms with Gasteiger partial charge in [-0.15, -0.1) is 0 Å². The maximum atomic E-state index is 13.9. The lowest BCUT2D eigenvalue weighted by molar-refractivity contribution is -0.132. The summed E-state index contributed by atoms with van der Waals surface area (Å²) in [6.07, 6.45) is 3.75. The van der Waals surface area contributed by atoms with Crippen LogP contribution in [0, 0.1) is 12.8 Å². The molecule has 0 fully saturated rings. The predicted molar refractivity (Wildman–Crippen MR) is 190 cm³/mol. The quantitative estimate of drug-likeness (QED) is 0.237. The molecule has 2 aromatic heterocycles. The van der Waals surface area contributed by atoms with Crippen molar-refractivity contribution in [3.05, 3.63) is 64.2 Å². The first-order chi connectivity index (χ1) is 23.9. The summed E-state index contributed by atoms with van der Waals surface area (Å²) in [5.74, 6) is 0.176. The third-order valence-electron chi connectivity index (χ3n) is 8.58. The first-order valence-electron chi connectivity index (χ1n) is 17.5. The fourth-order valence-electron chi connectivity index (χ4n) is 5.85. The number of benzene rings is 1. The Kier molecular flexibility index (Phi) is 14.3. The number of carbonyl (C=O) groups excluding carboxylic acids is 4. The molecule has 3 heterocycles. The van der Waals surface area contributed by atoms with E-state index in [2.05, 4.69) is 53.1 Å². The molecule has 0 radical (unpaired) electrons. The van der Waals surface area contributed by atoms with E-state index < -0.39 is 29.9 Å². The lowest BCUT2D eigenvalue weighted by Gasteiger charge is -2.27. The van der Waals surface area contributed by atoms with E-state index >= 15 is 0 Å². The predicted octanol–water partition coefficient (Wildman–Crippen LogP) is 2.76. The van der Waals surface area contributed by atoms with Crippen LogP contribution in [-0.2, 0) is 45.1 Å². The third-order valence-corrected chi connectivity index (χ3v) is 8.90. The maximum Gasteiger partial charge on any atom is 0.243 e. The second-order valence-electron chi connectivity index (χ2n) is 13.2. The Morgan fingerprint density at radius 3 is 2.46 bits per heavy atom. The molecule has 1 aromatic carbocycles. The summed E-state index contributed by atoms with van der Waals surface area (Å²) >= 11 is 6.49. The van der Waals surface area contributed by atoms with E-state index in [1.54, 1.807) is 13.8 Å². The number of aryl methyl sites for hydroxylation is 2. The summed E-state index contributed by atoms with van der Waals surface area (Å²) in [6, 6.07) is 6.96. The standard InChI is InChI=1S/C35H51ClN10O4/c1-6-7-14-28-40-27(32(36)42-28)20-45-17-11-15-29(47)38-23(4)34(49)41-26(19-25-12-9-8-10-13-25)35(50)43-31(22(2)3)33-39-24(5)44-46(33)21-30(48)37-16-18-45/h8-10,12-13,22-23,26,31H,6-7,11,14-21H2,1-5H3,(H,37,48)(H,38,47)(H,40,42)(H,41,49)(H,43,50)/t23-,26+,31-/m0/s1. The van der Waals surface area contributed by atoms with Crippen LogP contribution in [0.2, 0.25) is 5.15 Å². The Morgan fingerprint density at radius 1 is 0.980 bits per heavy atom. The van der Waals surface area contributed by atoms with Crippen molar-refractivity contribution >= 4 is 35.2 Å². The molecule has 14 nitrogen and oxygen atoms in total. The van der Waals surface area contributed by atoms with Crippen molar-refractivity contribution in [2.75, 3.05) is 19.6 Å². The smallest absolute Gasteiger partial charge is 0.243 e. The SMILES string of the molecule is CCCCc1nc(Cl)c(CN2CCCC(=O)N[C@@H](C)C(=O)N[C@H](Cc3ccccc3)C(=O)N[C@@H](C(C)C)c3nc(C)nn3CC(=O)NCC2)[nH]1. The lowest BCUT2D eigenvalue weighted by Crippen LogP contribution is -2.54. The number of fused-ring (bicyclic) bond motifs is 1. The summed E-state index contributed by atoms with van der Waals surface area (Å²) in [4.78, 5) is 67.9. The van der Waals surface area contributed by atoms with E-state index in [-0.39, 0.29) is 37.1 Å². The Bertz CT molecular complexity index is 1590. The molecule has 3 atom stereocenters. The average Bonchev–Trinajstić information content (AvgIpc) is 3.61. The second-order valence-corrected chi connectivity index (χ2v) is 13.6. The molecule has 4 amide bonds. The summed E-state index contributed by atoms with van der Waals surface area (Å²) < 4.78 is 1.52. The van der Waals surface area contributed by atoms with Gasteiger partial charge in [-0.25, -0.2) is 14.6 Å². The Morgan fingerprint density at radius 2 is 1.74 bits per heavy atom. The number of nitrogens with zero attached hydrogens (tertiary/aromatic N) is 5. The van der Waals surface area contributed by atoms with Gasteiger partial charge < -0.3 is 26.3 Å². The van der Waals surface area contributed by atoms with Crippen LogP contribution in [0.25, 0.3) is 0 Å². The molecule has 272 valence electrons. The fourth-order valence-corrected chi connectivity index (χ4v) is 6.05. The highest BCUT2D eigenvalue weighted by molar-refractivity contribution is 6.30. The number of halogens is 1. The van der Waals surface area contributed by atoms with Crippen LogP contribution in [0.3, 0.4) is 0 Å². The third kappa shape index (κ3) is 11.4. The number of imidazole rings is 1. The molecule has 1 aliphatic heterocycles. The largest absolute Gasteiger partial charge is 0.353 e. The summed E-state index contributed by atoms with van der Waals surface area (Å²) in [5.41, 5.74) is 1.64. The maximum absolute atomic E-state index is 13.9. The number of carbonyl (C=O) groups is 4. The molecule has 50 heavy (non-hydrogen) atoms. The number of H-pyrrole nitrogens is 1. The molecular formula is C35H51ClN10O4. The highest BCUT2D eigenvalue weighted by Gasteiger charge is 2.31. The molecular weight excluding hydrogens is 660 g/mol. The molecule has 0 spiro atoms. The van der Waals surface area contributed by atoms with E-state index in [9.17, 15) is 19.2 Å². The van der Waals surface area contributed by atoms with Gasteiger partial charge in [0.25, 0.3) is 0 Å². The number of nitrogens with one attached hydrogen (secondary N) is 5. The van der Waals surface area contributed by atoms with Gasteiger partial charge in [0, 0.05) is 38.9 Å². The average molecular weight is 711 g/mol. The normalized spacial score (nSPS) is 20.8. The molecule has 5 N–H and O–H groups in total. The number of hydrogen-bond acceptors (Lipinski definition) is 8. The van der Waals surface area contributed by atoms with Gasteiger partial charge in [-0.1, -0.05) is 69.1 Å². The van der Waals surface area contributed by atoms with Crippen molar-refractivity contribution < 1.29 is 19.2 Å². The van der Waals surface area contributed by atoms with Crippen LogP contribution < -0.4 is 21.3 Å². The molecule has 0 saturated carbocycles. The van der Waals surface area contributed by atoms with Gasteiger partial charge in [0.2, 0.25) is 23.6 Å². The molecule has 4 rings (SSSR count). The Balaban J connectivity index is 1.58. The minimum Gasteiger partial charge on any atom is -0.353 e. The number of aromatic amines is 1. The van der Waals surface area contributed by atoms with Crippen LogP contribution in [0.5, 0.6) is 0 Å². The van der Waals surface area contributed by atoms with E-state index in [1.165, 1.54) is 4.68 Å². The van der Waals surface area contributed by atoms with Crippen LogP contribution >= 0.6 is 11.6 Å². The molecule has 0 bridgehead atoms. The van der Waals surface area contributed by atoms with Crippen molar-refractivity contribution in [3.63, 3.8) is 0 Å². The molecule has 15 heteroatoms. The van der Waals surface area contributed by atoms with Crippen LogP contribution in [0.15, 0.2) is 30.3 Å². The molecule has 0 aliphatic carbocycles. The zero-order valence-corrected chi connectivity index (χ0v) is 30.5. The second kappa shape index (κ2) is 18.6. The van der Waals surface area contributed by atoms with Crippen molar-refractivity contribution in [3.8, 4) is 0 Å². The van der Waals surface area contributed by atoms with Crippen LogP contribution in [0.4, 0.5) is 0 Å². The Labute approximate surface area is 298 Å². The number of unbranched alkanes of at least 4 members (excludes halogenated alkanes) is 1. The van der Waals surface area contributed by atoms with E-state index in [0.29, 0.717) is 49.4 Å².